The second-order valence-electron chi connectivity index (χ2n) is 5.47. The minimum Gasteiger partial charge on any atom is -0.478 e. The van der Waals surface area contributed by atoms with Gasteiger partial charge in [0.05, 0.1) is 5.56 Å². The van der Waals surface area contributed by atoms with Crippen molar-refractivity contribution in [1.82, 2.24) is 10.2 Å². The summed E-state index contributed by atoms with van der Waals surface area (Å²) < 4.78 is 12.9. The minimum absolute atomic E-state index is 0.109. The first-order valence-electron chi connectivity index (χ1n) is 7.53. The maximum Gasteiger partial charge on any atom is 0.335 e. The SMILES string of the molecule is C=S(=O)(c1ccc(C(=O)c2ccc(C(=O)O)cc2)cc1)c1cccnn1. The van der Waals surface area contributed by atoms with Gasteiger partial charge in [-0.15, -0.1) is 5.10 Å². The highest BCUT2D eigenvalue weighted by Crippen LogP contribution is 2.20. The van der Waals surface area contributed by atoms with Gasteiger partial charge in [0, 0.05) is 31.7 Å². The number of aromatic nitrogens is 2. The fourth-order valence-electron chi connectivity index (χ4n) is 2.34. The van der Waals surface area contributed by atoms with Gasteiger partial charge in [0.25, 0.3) is 0 Å². The highest BCUT2D eigenvalue weighted by molar-refractivity contribution is 8.00. The number of hydrogen-bond acceptors (Lipinski definition) is 5. The van der Waals surface area contributed by atoms with E-state index in [9.17, 15) is 13.8 Å². The third kappa shape index (κ3) is 3.38. The molecule has 0 amide bonds. The van der Waals surface area contributed by atoms with Gasteiger partial charge in [-0.05, 0) is 54.4 Å². The van der Waals surface area contributed by atoms with Gasteiger partial charge >= 0.3 is 5.97 Å². The van der Waals surface area contributed by atoms with Crippen LogP contribution in [0.15, 0.2) is 76.8 Å². The Morgan fingerprint density at radius 2 is 1.42 bits per heavy atom. The van der Waals surface area contributed by atoms with Crippen LogP contribution in [-0.4, -0.2) is 37.1 Å². The normalized spacial score (nSPS) is 12.9. The van der Waals surface area contributed by atoms with Crippen molar-refractivity contribution >= 4 is 27.1 Å². The molecule has 1 atom stereocenters. The third-order valence-corrected chi connectivity index (χ3v) is 5.70. The number of benzene rings is 2. The van der Waals surface area contributed by atoms with E-state index in [0.29, 0.717) is 16.0 Å². The van der Waals surface area contributed by atoms with Gasteiger partial charge in [0.2, 0.25) is 0 Å². The van der Waals surface area contributed by atoms with E-state index in [1.54, 1.807) is 36.4 Å². The molecule has 1 N–H and O–H groups in total. The van der Waals surface area contributed by atoms with Gasteiger partial charge in [0.1, 0.15) is 5.03 Å². The highest BCUT2D eigenvalue weighted by atomic mass is 32.2. The molecule has 6 nitrogen and oxygen atoms in total. The molecular weight excluding hydrogens is 352 g/mol. The van der Waals surface area contributed by atoms with E-state index in [1.165, 1.54) is 30.5 Å². The van der Waals surface area contributed by atoms with E-state index < -0.39 is 15.5 Å². The van der Waals surface area contributed by atoms with Crippen LogP contribution >= 0.6 is 0 Å². The van der Waals surface area contributed by atoms with Crippen molar-refractivity contribution in [2.75, 3.05) is 0 Å². The molecule has 0 radical (unpaired) electrons. The highest BCUT2D eigenvalue weighted by Gasteiger charge is 2.15. The summed E-state index contributed by atoms with van der Waals surface area (Å²) in [5.74, 6) is 2.44. The molecule has 2 aromatic carbocycles. The van der Waals surface area contributed by atoms with E-state index in [1.807, 2.05) is 0 Å². The number of carbonyl (C=O) groups is 2. The molecule has 0 saturated heterocycles. The molecule has 3 aromatic rings. The smallest absolute Gasteiger partial charge is 0.335 e. The molecule has 0 fully saturated rings. The lowest BCUT2D eigenvalue weighted by Gasteiger charge is -2.09. The molecule has 0 saturated carbocycles. The Kier molecular flexibility index (Phi) is 4.64. The van der Waals surface area contributed by atoms with Crippen molar-refractivity contribution in [3.05, 3.63) is 83.6 Å². The number of carboxylic acid groups (broad SMARTS) is 1. The number of hydrogen-bond donors (Lipinski definition) is 1. The van der Waals surface area contributed by atoms with Gasteiger partial charge in [-0.1, -0.05) is 12.1 Å². The van der Waals surface area contributed by atoms with Crippen LogP contribution in [0.2, 0.25) is 0 Å². The zero-order valence-electron chi connectivity index (χ0n) is 13.5. The molecule has 26 heavy (non-hydrogen) atoms. The van der Waals surface area contributed by atoms with Gasteiger partial charge in [-0.3, -0.25) is 9.00 Å². The molecule has 130 valence electrons. The second-order valence-corrected chi connectivity index (χ2v) is 7.71. The Labute approximate surface area is 150 Å². The summed E-state index contributed by atoms with van der Waals surface area (Å²) in [5.41, 5.74) is 0.871. The van der Waals surface area contributed by atoms with Crippen molar-refractivity contribution in [3.63, 3.8) is 0 Å². The fraction of sp³-hybridized carbons (Fsp3) is 0. The maximum atomic E-state index is 12.9. The summed E-state index contributed by atoms with van der Waals surface area (Å²) in [6, 6.07) is 15.2. The lowest BCUT2D eigenvalue weighted by atomic mass is 10.0. The zero-order valence-corrected chi connectivity index (χ0v) is 14.3. The summed E-state index contributed by atoms with van der Waals surface area (Å²) >= 11 is 0. The molecule has 0 aliphatic rings. The van der Waals surface area contributed by atoms with E-state index in [2.05, 4.69) is 16.1 Å². The van der Waals surface area contributed by atoms with Crippen molar-refractivity contribution in [2.45, 2.75) is 9.92 Å². The van der Waals surface area contributed by atoms with Crippen molar-refractivity contribution in [3.8, 4) is 0 Å². The van der Waals surface area contributed by atoms with E-state index >= 15 is 0 Å². The zero-order chi connectivity index (χ0) is 18.7. The van der Waals surface area contributed by atoms with Crippen LogP contribution in [0.1, 0.15) is 26.3 Å². The molecule has 0 spiro atoms. The number of carboxylic acids is 1. The lowest BCUT2D eigenvalue weighted by Crippen LogP contribution is -2.06. The lowest BCUT2D eigenvalue weighted by molar-refractivity contribution is 0.0696. The number of rotatable bonds is 5. The van der Waals surface area contributed by atoms with Crippen LogP contribution < -0.4 is 0 Å². The summed E-state index contributed by atoms with van der Waals surface area (Å²) in [7, 11) is -2.81. The quantitative estimate of drug-likeness (QED) is 0.550. The predicted octanol–water partition coefficient (Wildman–Crippen LogP) is 2.54. The van der Waals surface area contributed by atoms with Gasteiger partial charge in [0.15, 0.2) is 5.78 Å². The van der Waals surface area contributed by atoms with Crippen LogP contribution in [0.4, 0.5) is 0 Å². The van der Waals surface area contributed by atoms with E-state index in [-0.39, 0.29) is 16.4 Å². The van der Waals surface area contributed by atoms with Gasteiger partial charge in [-0.2, -0.15) is 5.10 Å². The Morgan fingerprint density at radius 1 is 0.885 bits per heavy atom. The Hall–Kier alpha value is -3.32. The minimum atomic E-state index is -2.81. The number of nitrogens with zero attached hydrogens (tertiary/aromatic N) is 2. The average Bonchev–Trinajstić information content (AvgIpc) is 2.68. The molecule has 1 unspecified atom stereocenters. The Morgan fingerprint density at radius 3 is 1.92 bits per heavy atom. The topological polar surface area (TPSA) is 97.2 Å². The maximum absolute atomic E-state index is 12.9. The summed E-state index contributed by atoms with van der Waals surface area (Å²) in [4.78, 5) is 23.8. The first-order chi connectivity index (χ1) is 12.4. The van der Waals surface area contributed by atoms with Crippen LogP contribution in [0, 0.1) is 0 Å². The molecule has 0 aliphatic heterocycles. The molecule has 0 aliphatic carbocycles. The van der Waals surface area contributed by atoms with E-state index in [4.69, 9.17) is 5.11 Å². The molecule has 3 rings (SSSR count). The first-order valence-corrected chi connectivity index (χ1v) is 9.25. The molecule has 1 aromatic heterocycles. The number of carbonyl (C=O) groups excluding carboxylic acids is 1. The molecule has 0 bridgehead atoms. The fourth-order valence-corrected chi connectivity index (χ4v) is 3.64. The van der Waals surface area contributed by atoms with Crippen LogP contribution in [0.3, 0.4) is 0 Å². The van der Waals surface area contributed by atoms with Gasteiger partial charge < -0.3 is 5.11 Å². The Bertz CT molecular complexity index is 1060. The van der Waals surface area contributed by atoms with Gasteiger partial charge in [-0.25, -0.2) is 4.79 Å². The molecule has 1 heterocycles. The van der Waals surface area contributed by atoms with Crippen molar-refractivity contribution < 1.29 is 18.9 Å². The molecular formula is C19H14N2O4S. The molecule has 7 heteroatoms. The monoisotopic (exact) mass is 366 g/mol. The first kappa shape index (κ1) is 17.5. The van der Waals surface area contributed by atoms with Crippen molar-refractivity contribution in [2.24, 2.45) is 0 Å². The summed E-state index contributed by atoms with van der Waals surface area (Å²) in [5, 5.41) is 16.7. The average molecular weight is 366 g/mol. The van der Waals surface area contributed by atoms with Crippen molar-refractivity contribution in [1.29, 1.82) is 0 Å². The van der Waals surface area contributed by atoms with Crippen LogP contribution in [-0.2, 0) is 9.52 Å². The van der Waals surface area contributed by atoms with E-state index in [0.717, 1.165) is 0 Å². The third-order valence-electron chi connectivity index (χ3n) is 3.78. The standard InChI is InChI=1S/C19H14N2O4S/c1-26(25,17-3-2-12-20-21-17)16-10-8-14(9-11-16)18(22)13-4-6-15(7-5-13)19(23)24/h2-12H,1H2,(H,23,24). The van der Waals surface area contributed by atoms with Crippen LogP contribution in [0.5, 0.6) is 0 Å². The Balaban J connectivity index is 1.87. The second kappa shape index (κ2) is 6.89. The number of aromatic carboxylic acids is 1. The number of ketones is 1. The summed E-state index contributed by atoms with van der Waals surface area (Å²) in [6.07, 6.45) is 1.48. The van der Waals surface area contributed by atoms with Crippen LogP contribution in [0.25, 0.3) is 0 Å². The summed E-state index contributed by atoms with van der Waals surface area (Å²) in [6.45, 7) is 0. The largest absolute Gasteiger partial charge is 0.478 e. The predicted molar refractivity (Wildman–Crippen MR) is 97.1 cm³/mol.